The predicted octanol–water partition coefficient (Wildman–Crippen LogP) is 4.32. The Hall–Kier alpha value is -2.30. The fraction of sp³-hybridized carbons (Fsp3) is 0.286. The van der Waals surface area contributed by atoms with Gasteiger partial charge in [0, 0.05) is 16.8 Å². The van der Waals surface area contributed by atoms with Crippen LogP contribution in [-0.4, -0.2) is 18.1 Å². The minimum atomic E-state index is -0.157. The molecule has 5 heteroatoms. The zero-order valence-electron chi connectivity index (χ0n) is 14.6. The van der Waals surface area contributed by atoms with Gasteiger partial charge in [0.25, 0.3) is 5.91 Å². The molecular formula is C21H23ClN2O2. The summed E-state index contributed by atoms with van der Waals surface area (Å²) in [5.74, 6) is 0.640. The first-order valence-electron chi connectivity index (χ1n) is 8.76. The van der Waals surface area contributed by atoms with E-state index in [1.54, 1.807) is 4.90 Å². The molecule has 0 aromatic heterocycles. The molecule has 0 spiro atoms. The predicted molar refractivity (Wildman–Crippen MR) is 106 cm³/mol. The summed E-state index contributed by atoms with van der Waals surface area (Å²) in [6, 6.07) is 15.3. The molecule has 136 valence electrons. The van der Waals surface area contributed by atoms with Crippen LogP contribution in [0.15, 0.2) is 61.2 Å². The number of nitrogens with zero attached hydrogens (tertiary/aromatic N) is 1. The molecule has 0 radical (unpaired) electrons. The normalized spacial score (nSPS) is 19.2. The first-order valence-corrected chi connectivity index (χ1v) is 9.13. The highest BCUT2D eigenvalue weighted by atomic mass is 35.5. The van der Waals surface area contributed by atoms with Crippen LogP contribution in [0.3, 0.4) is 0 Å². The second-order valence-electron chi connectivity index (χ2n) is 6.56. The fourth-order valence-electron chi connectivity index (χ4n) is 3.16. The number of ether oxygens (including phenoxy) is 1. The van der Waals surface area contributed by atoms with Gasteiger partial charge in [0.2, 0.25) is 0 Å². The second-order valence-corrected chi connectivity index (χ2v) is 7.00. The van der Waals surface area contributed by atoms with Crippen molar-refractivity contribution in [3.05, 3.63) is 71.8 Å². The Labute approximate surface area is 159 Å². The average molecular weight is 371 g/mol. The Morgan fingerprint density at radius 2 is 1.88 bits per heavy atom. The van der Waals surface area contributed by atoms with Crippen LogP contribution in [-0.2, 0) is 11.3 Å². The highest BCUT2D eigenvalue weighted by molar-refractivity contribution is 6.30. The maximum atomic E-state index is 12.3. The molecule has 2 N–H and O–H groups in total. The maximum absolute atomic E-state index is 12.3. The third-order valence-corrected chi connectivity index (χ3v) is 4.82. The number of hydrogen-bond donors (Lipinski definition) is 1. The van der Waals surface area contributed by atoms with Gasteiger partial charge in [-0.1, -0.05) is 30.3 Å². The molecule has 2 aromatic rings. The third kappa shape index (κ3) is 4.65. The number of nitrogens with two attached hydrogens (primary N) is 1. The molecule has 26 heavy (non-hydrogen) atoms. The summed E-state index contributed by atoms with van der Waals surface area (Å²) in [6.45, 7) is 4.05. The fourth-order valence-corrected chi connectivity index (χ4v) is 3.28. The zero-order chi connectivity index (χ0) is 18.5. The van der Waals surface area contributed by atoms with E-state index in [9.17, 15) is 4.79 Å². The van der Waals surface area contributed by atoms with Crippen molar-refractivity contribution in [2.45, 2.75) is 38.0 Å². The molecule has 4 nitrogen and oxygen atoms in total. The Balaban J connectivity index is 1.72. The van der Waals surface area contributed by atoms with Gasteiger partial charge < -0.3 is 15.4 Å². The number of amides is 1. The molecule has 0 aliphatic heterocycles. The van der Waals surface area contributed by atoms with Crippen molar-refractivity contribution in [1.82, 2.24) is 0 Å². The monoisotopic (exact) mass is 370 g/mol. The van der Waals surface area contributed by atoms with Crippen molar-refractivity contribution < 1.29 is 9.53 Å². The summed E-state index contributed by atoms with van der Waals surface area (Å²) >= 11 is 5.93. The van der Waals surface area contributed by atoms with Crippen molar-refractivity contribution >= 4 is 23.2 Å². The molecule has 1 aliphatic rings. The van der Waals surface area contributed by atoms with Crippen LogP contribution in [0.4, 0.5) is 5.69 Å². The number of rotatable bonds is 6. The van der Waals surface area contributed by atoms with E-state index in [4.69, 9.17) is 22.1 Å². The van der Waals surface area contributed by atoms with Crippen molar-refractivity contribution in [2.75, 3.05) is 4.90 Å². The minimum Gasteiger partial charge on any atom is -0.490 e. The number of carbonyl (C=O) groups is 1. The zero-order valence-corrected chi connectivity index (χ0v) is 15.4. The van der Waals surface area contributed by atoms with E-state index in [2.05, 4.69) is 6.58 Å². The van der Waals surface area contributed by atoms with E-state index >= 15 is 0 Å². The van der Waals surface area contributed by atoms with E-state index in [1.165, 1.54) is 6.08 Å². The maximum Gasteiger partial charge on any atom is 0.250 e. The van der Waals surface area contributed by atoms with Crippen LogP contribution < -0.4 is 15.4 Å². The molecule has 1 saturated carbocycles. The van der Waals surface area contributed by atoms with Crippen molar-refractivity contribution in [1.29, 1.82) is 0 Å². The Kier molecular flexibility index (Phi) is 5.96. The summed E-state index contributed by atoms with van der Waals surface area (Å²) in [5, 5.41) is 0.670. The summed E-state index contributed by atoms with van der Waals surface area (Å²) in [5.41, 5.74) is 7.71. The van der Waals surface area contributed by atoms with Crippen LogP contribution >= 0.6 is 11.6 Å². The number of hydrogen-bond acceptors (Lipinski definition) is 3. The molecule has 3 rings (SSSR count). The van der Waals surface area contributed by atoms with E-state index in [1.807, 2.05) is 48.5 Å². The SMILES string of the molecule is C=CC(=O)N(Cc1ccc(Cl)cc1)c1ccc(O[C@H]2CC[C@@H](N)C2)cc1. The van der Waals surface area contributed by atoms with Gasteiger partial charge >= 0.3 is 0 Å². The number of anilines is 1. The molecule has 1 aliphatic carbocycles. The third-order valence-electron chi connectivity index (χ3n) is 4.57. The quantitative estimate of drug-likeness (QED) is 0.770. The highest BCUT2D eigenvalue weighted by Crippen LogP contribution is 2.26. The lowest BCUT2D eigenvalue weighted by atomic mass is 10.2. The van der Waals surface area contributed by atoms with Crippen LogP contribution in [0.2, 0.25) is 5.02 Å². The largest absolute Gasteiger partial charge is 0.490 e. The second kappa shape index (κ2) is 8.39. The Morgan fingerprint density at radius 1 is 1.19 bits per heavy atom. The van der Waals surface area contributed by atoms with Crippen LogP contribution in [0.1, 0.15) is 24.8 Å². The van der Waals surface area contributed by atoms with Gasteiger partial charge in [-0.15, -0.1) is 0 Å². The van der Waals surface area contributed by atoms with Gasteiger partial charge in [-0.25, -0.2) is 0 Å². The van der Waals surface area contributed by atoms with Crippen LogP contribution in [0.5, 0.6) is 5.75 Å². The molecule has 2 aromatic carbocycles. The Morgan fingerprint density at radius 3 is 2.46 bits per heavy atom. The van der Waals surface area contributed by atoms with Gasteiger partial charge in [0.15, 0.2) is 0 Å². The molecule has 0 bridgehead atoms. The van der Waals surface area contributed by atoms with Gasteiger partial charge in [-0.3, -0.25) is 4.79 Å². The summed E-state index contributed by atoms with van der Waals surface area (Å²) in [4.78, 5) is 14.0. The standard InChI is InChI=1S/C21H23ClN2O2/c1-2-21(25)24(14-15-3-5-16(22)6-4-15)18-8-11-19(12-9-18)26-20-10-7-17(23)13-20/h2-6,8-9,11-12,17,20H,1,7,10,13-14,23H2/t17-,20+/m1/s1. The number of halogens is 1. The van der Waals surface area contributed by atoms with Gasteiger partial charge in [-0.2, -0.15) is 0 Å². The topological polar surface area (TPSA) is 55.6 Å². The summed E-state index contributed by atoms with van der Waals surface area (Å²) in [6.07, 6.45) is 4.38. The lowest BCUT2D eigenvalue weighted by molar-refractivity contribution is -0.114. The first-order chi connectivity index (χ1) is 12.5. The van der Waals surface area contributed by atoms with Gasteiger partial charge in [-0.05, 0) is 67.3 Å². The van der Waals surface area contributed by atoms with Crippen LogP contribution in [0.25, 0.3) is 0 Å². The molecule has 1 amide bonds. The van der Waals surface area contributed by atoms with E-state index in [0.29, 0.717) is 11.6 Å². The minimum absolute atomic E-state index is 0.157. The summed E-state index contributed by atoms with van der Waals surface area (Å²) < 4.78 is 5.98. The van der Waals surface area contributed by atoms with Gasteiger partial charge in [0.05, 0.1) is 6.54 Å². The van der Waals surface area contributed by atoms with Crippen molar-refractivity contribution in [3.63, 3.8) is 0 Å². The first kappa shape index (κ1) is 18.5. The van der Waals surface area contributed by atoms with Crippen LogP contribution in [0, 0.1) is 0 Å². The number of benzene rings is 2. The number of carbonyl (C=O) groups excluding carboxylic acids is 1. The summed E-state index contributed by atoms with van der Waals surface area (Å²) in [7, 11) is 0. The van der Waals surface area contributed by atoms with Crippen molar-refractivity contribution in [3.8, 4) is 5.75 Å². The lowest BCUT2D eigenvalue weighted by Crippen LogP contribution is -2.28. The molecule has 0 unspecified atom stereocenters. The van der Waals surface area contributed by atoms with E-state index in [-0.39, 0.29) is 18.1 Å². The Bertz CT molecular complexity index is 759. The smallest absolute Gasteiger partial charge is 0.250 e. The van der Waals surface area contributed by atoms with Crippen molar-refractivity contribution in [2.24, 2.45) is 5.73 Å². The molecular weight excluding hydrogens is 348 g/mol. The average Bonchev–Trinajstić information content (AvgIpc) is 3.06. The van der Waals surface area contributed by atoms with E-state index in [0.717, 1.165) is 36.3 Å². The molecule has 2 atom stereocenters. The molecule has 0 saturated heterocycles. The van der Waals surface area contributed by atoms with E-state index < -0.39 is 0 Å². The molecule has 0 heterocycles. The molecule has 1 fully saturated rings. The van der Waals surface area contributed by atoms with Gasteiger partial charge in [0.1, 0.15) is 11.9 Å². The highest BCUT2D eigenvalue weighted by Gasteiger charge is 2.23. The lowest BCUT2D eigenvalue weighted by Gasteiger charge is -2.22.